The molecule has 150 valence electrons. The zero-order valence-electron chi connectivity index (χ0n) is 16.2. The van der Waals surface area contributed by atoms with Gasteiger partial charge < -0.3 is 9.64 Å². The molecule has 1 heterocycles. The Bertz CT molecular complexity index is 981. The summed E-state index contributed by atoms with van der Waals surface area (Å²) < 4.78 is 21.0. The quantitative estimate of drug-likeness (QED) is 0.585. The fourth-order valence-electron chi connectivity index (χ4n) is 2.49. The molecule has 0 fully saturated rings. The van der Waals surface area contributed by atoms with Gasteiger partial charge in [0.05, 0.1) is 23.2 Å². The summed E-state index contributed by atoms with van der Waals surface area (Å²) in [6, 6.07) is 3.57. The van der Waals surface area contributed by atoms with Crippen molar-refractivity contribution in [1.82, 2.24) is 14.7 Å². The lowest BCUT2D eigenvalue weighted by atomic mass is 10.0. The molecule has 28 heavy (non-hydrogen) atoms. The monoisotopic (exact) mass is 392 g/mol. The minimum Gasteiger partial charge on any atom is -0.444 e. The van der Waals surface area contributed by atoms with E-state index < -0.39 is 33.7 Å². The van der Waals surface area contributed by atoms with E-state index in [-0.39, 0.29) is 23.2 Å². The number of benzene rings is 1. The summed E-state index contributed by atoms with van der Waals surface area (Å²) in [6.45, 7) is 5.03. The number of rotatable bonds is 4. The van der Waals surface area contributed by atoms with Gasteiger partial charge in [-0.2, -0.15) is 9.49 Å². The van der Waals surface area contributed by atoms with Crippen LogP contribution < -0.4 is 5.56 Å². The van der Waals surface area contributed by atoms with Crippen molar-refractivity contribution in [3.8, 4) is 11.1 Å². The minimum absolute atomic E-state index is 0.102. The van der Waals surface area contributed by atoms with Gasteiger partial charge >= 0.3 is 11.8 Å². The van der Waals surface area contributed by atoms with Crippen LogP contribution in [0.4, 0.5) is 14.9 Å². The third-order valence-electron chi connectivity index (χ3n) is 3.77. The smallest absolute Gasteiger partial charge is 0.410 e. The highest BCUT2D eigenvalue weighted by molar-refractivity contribution is 5.71. The second kappa shape index (κ2) is 7.75. The van der Waals surface area contributed by atoms with Crippen LogP contribution in [0.1, 0.15) is 26.3 Å². The first-order chi connectivity index (χ1) is 12.9. The van der Waals surface area contributed by atoms with Gasteiger partial charge in [-0.3, -0.25) is 14.9 Å². The number of halogens is 1. The van der Waals surface area contributed by atoms with Gasteiger partial charge in [0.1, 0.15) is 5.60 Å². The number of carbonyl (C=O) groups excluding carboxylic acids is 1. The topological polar surface area (TPSA) is 108 Å². The van der Waals surface area contributed by atoms with Crippen LogP contribution in [-0.2, 0) is 18.3 Å². The molecule has 1 amide bonds. The average molecular weight is 392 g/mol. The molecule has 1 aromatic heterocycles. The van der Waals surface area contributed by atoms with Crippen molar-refractivity contribution in [3.05, 3.63) is 56.2 Å². The Balaban J connectivity index is 2.54. The first-order valence-corrected chi connectivity index (χ1v) is 8.35. The molecule has 0 saturated heterocycles. The fourth-order valence-corrected chi connectivity index (χ4v) is 2.49. The standard InChI is InChI=1S/C18H21FN4O5/c1-18(2,3)28-17(25)21(4)10-11-9-20-22(5)16(24)14(11)12-7-6-8-13(15(12)19)23(26)27/h6-9H,10H2,1-5H3. The second-order valence-corrected chi connectivity index (χ2v) is 7.21. The van der Waals surface area contributed by atoms with E-state index in [1.807, 2.05) is 0 Å². The maximum atomic E-state index is 14.7. The summed E-state index contributed by atoms with van der Waals surface area (Å²) in [7, 11) is 2.83. The lowest BCUT2D eigenvalue weighted by Crippen LogP contribution is -2.34. The van der Waals surface area contributed by atoms with E-state index >= 15 is 0 Å². The van der Waals surface area contributed by atoms with Gasteiger partial charge in [0.15, 0.2) is 0 Å². The van der Waals surface area contributed by atoms with E-state index in [9.17, 15) is 24.1 Å². The van der Waals surface area contributed by atoms with E-state index in [0.717, 1.165) is 10.7 Å². The predicted molar refractivity (Wildman–Crippen MR) is 99.2 cm³/mol. The van der Waals surface area contributed by atoms with Gasteiger partial charge in [-0.15, -0.1) is 0 Å². The normalized spacial score (nSPS) is 11.2. The van der Waals surface area contributed by atoms with Gasteiger partial charge in [0, 0.05) is 31.3 Å². The van der Waals surface area contributed by atoms with Crippen molar-refractivity contribution in [2.45, 2.75) is 32.9 Å². The van der Waals surface area contributed by atoms with Crippen LogP contribution in [0.2, 0.25) is 0 Å². The van der Waals surface area contributed by atoms with Gasteiger partial charge in [-0.1, -0.05) is 12.1 Å². The van der Waals surface area contributed by atoms with Crippen molar-refractivity contribution < 1.29 is 18.8 Å². The fraction of sp³-hybridized carbons (Fsp3) is 0.389. The molecule has 9 nitrogen and oxygen atoms in total. The van der Waals surface area contributed by atoms with Crippen molar-refractivity contribution in [2.24, 2.45) is 7.05 Å². The number of aryl methyl sites for hydroxylation is 1. The maximum absolute atomic E-state index is 14.7. The van der Waals surface area contributed by atoms with E-state index in [2.05, 4.69) is 5.10 Å². The number of nitrogens with zero attached hydrogens (tertiary/aromatic N) is 4. The molecule has 0 radical (unpaired) electrons. The Morgan fingerprint density at radius 3 is 2.61 bits per heavy atom. The molecule has 0 aliphatic heterocycles. The Morgan fingerprint density at radius 1 is 1.39 bits per heavy atom. The van der Waals surface area contributed by atoms with Crippen molar-refractivity contribution in [3.63, 3.8) is 0 Å². The Kier molecular flexibility index (Phi) is 5.81. The summed E-state index contributed by atoms with van der Waals surface area (Å²) in [6.07, 6.45) is 0.675. The molecule has 0 unspecified atom stereocenters. The molecular formula is C18H21FN4O5. The number of hydrogen-bond acceptors (Lipinski definition) is 6. The number of aromatic nitrogens is 2. The highest BCUT2D eigenvalue weighted by Gasteiger charge is 2.25. The third-order valence-corrected chi connectivity index (χ3v) is 3.77. The Morgan fingerprint density at radius 2 is 2.04 bits per heavy atom. The number of nitro groups is 1. The molecule has 2 aromatic rings. The molecule has 1 aromatic carbocycles. The van der Waals surface area contributed by atoms with Crippen LogP contribution in [0.5, 0.6) is 0 Å². The molecule has 0 spiro atoms. The minimum atomic E-state index is -1.13. The maximum Gasteiger partial charge on any atom is 0.410 e. The SMILES string of the molecule is CN(Cc1cnn(C)c(=O)c1-c1cccc([N+](=O)[O-])c1F)C(=O)OC(C)(C)C. The van der Waals surface area contributed by atoms with Gasteiger partial charge in [0.2, 0.25) is 5.82 Å². The first kappa shape index (κ1) is 21.0. The highest BCUT2D eigenvalue weighted by Crippen LogP contribution is 2.29. The summed E-state index contributed by atoms with van der Waals surface area (Å²) in [5.74, 6) is -1.13. The molecule has 2 rings (SSSR count). The van der Waals surface area contributed by atoms with Crippen LogP contribution in [0.3, 0.4) is 0 Å². The second-order valence-electron chi connectivity index (χ2n) is 7.21. The number of amides is 1. The van der Waals surface area contributed by atoms with Crippen LogP contribution in [-0.4, -0.2) is 38.3 Å². The van der Waals surface area contributed by atoms with Crippen LogP contribution in [0.25, 0.3) is 11.1 Å². The zero-order chi connectivity index (χ0) is 21.2. The third kappa shape index (κ3) is 4.51. The first-order valence-electron chi connectivity index (χ1n) is 8.35. The summed E-state index contributed by atoms with van der Waals surface area (Å²) >= 11 is 0. The average Bonchev–Trinajstić information content (AvgIpc) is 2.57. The molecule has 0 bridgehead atoms. The summed E-state index contributed by atoms with van der Waals surface area (Å²) in [4.78, 5) is 36.2. The van der Waals surface area contributed by atoms with E-state index in [1.165, 1.54) is 37.3 Å². The molecule has 0 saturated carbocycles. The summed E-state index contributed by atoms with van der Waals surface area (Å²) in [5.41, 5.74) is -2.21. The molecule has 10 heteroatoms. The predicted octanol–water partition coefficient (Wildman–Crippen LogP) is 2.86. The van der Waals surface area contributed by atoms with Crippen LogP contribution in [0.15, 0.2) is 29.2 Å². The number of hydrogen-bond donors (Lipinski definition) is 0. The largest absolute Gasteiger partial charge is 0.444 e. The highest BCUT2D eigenvalue weighted by atomic mass is 19.1. The lowest BCUT2D eigenvalue weighted by Gasteiger charge is -2.25. The molecule has 0 atom stereocenters. The molecule has 0 N–H and O–H groups in total. The van der Waals surface area contributed by atoms with E-state index in [4.69, 9.17) is 4.74 Å². The number of carbonyl (C=O) groups is 1. The van der Waals surface area contributed by atoms with Crippen molar-refractivity contribution in [1.29, 1.82) is 0 Å². The van der Waals surface area contributed by atoms with E-state index in [1.54, 1.807) is 20.8 Å². The summed E-state index contributed by atoms with van der Waals surface area (Å²) in [5, 5.41) is 15.0. The number of ether oxygens (including phenoxy) is 1. The zero-order valence-corrected chi connectivity index (χ0v) is 16.2. The van der Waals surface area contributed by atoms with Gasteiger partial charge in [-0.05, 0) is 20.8 Å². The molecule has 0 aliphatic carbocycles. The van der Waals surface area contributed by atoms with Gasteiger partial charge in [0.25, 0.3) is 5.56 Å². The Hall–Kier alpha value is -3.30. The van der Waals surface area contributed by atoms with Gasteiger partial charge in [-0.25, -0.2) is 9.48 Å². The van der Waals surface area contributed by atoms with Crippen LogP contribution >= 0.6 is 0 Å². The number of nitro benzene ring substituents is 1. The molecular weight excluding hydrogens is 371 g/mol. The van der Waals surface area contributed by atoms with E-state index in [0.29, 0.717) is 0 Å². The lowest BCUT2D eigenvalue weighted by molar-refractivity contribution is -0.387. The van der Waals surface area contributed by atoms with Crippen molar-refractivity contribution >= 4 is 11.8 Å². The molecule has 0 aliphatic rings. The van der Waals surface area contributed by atoms with Crippen molar-refractivity contribution in [2.75, 3.05) is 7.05 Å². The Labute approximate surface area is 160 Å². The van der Waals surface area contributed by atoms with Crippen LogP contribution in [0, 0.1) is 15.9 Å².